The van der Waals surface area contributed by atoms with Crippen LogP contribution in [0.1, 0.15) is 33.3 Å². The maximum absolute atomic E-state index is 11.2. The molecule has 0 spiro atoms. The largest absolute Gasteiger partial charge is 0.295 e. The molecule has 0 aromatic heterocycles. The predicted molar refractivity (Wildman–Crippen MR) is 68.2 cm³/mol. The van der Waals surface area contributed by atoms with Gasteiger partial charge in [-0.25, -0.2) is 0 Å². The Kier molecular flexibility index (Phi) is 3.74. The third-order valence-corrected chi connectivity index (χ3v) is 2.97. The van der Waals surface area contributed by atoms with Gasteiger partial charge >= 0.3 is 0 Å². The van der Waals surface area contributed by atoms with E-state index in [1.807, 2.05) is 20.8 Å². The van der Waals surface area contributed by atoms with Gasteiger partial charge in [0.15, 0.2) is 0 Å². The van der Waals surface area contributed by atoms with E-state index >= 15 is 0 Å². The third kappa shape index (κ3) is 3.94. The van der Waals surface area contributed by atoms with Crippen LogP contribution in [0.3, 0.4) is 0 Å². The van der Waals surface area contributed by atoms with Crippen molar-refractivity contribution in [2.24, 2.45) is 4.99 Å². The smallest absolute Gasteiger partial charge is 0.284 e. The number of benzene rings is 1. The Morgan fingerprint density at radius 2 is 1.76 bits per heavy atom. The lowest BCUT2D eigenvalue weighted by atomic mass is 10.1. The highest BCUT2D eigenvalue weighted by Gasteiger charge is 2.17. The highest BCUT2D eigenvalue weighted by Crippen LogP contribution is 2.18. The molecule has 0 amide bonds. The summed E-state index contributed by atoms with van der Waals surface area (Å²) in [6, 6.07) is 6.28. The van der Waals surface area contributed by atoms with Crippen LogP contribution in [0.15, 0.2) is 34.2 Å². The minimum Gasteiger partial charge on any atom is -0.284 e. The van der Waals surface area contributed by atoms with Crippen LogP contribution in [-0.2, 0) is 10.1 Å². The molecule has 1 N–H and O–H groups in total. The summed E-state index contributed by atoms with van der Waals surface area (Å²) in [4.78, 5) is 4.29. The van der Waals surface area contributed by atoms with E-state index in [1.54, 1.807) is 25.1 Å². The van der Waals surface area contributed by atoms with Gasteiger partial charge < -0.3 is 0 Å². The van der Waals surface area contributed by atoms with E-state index in [0.29, 0.717) is 11.3 Å². The quantitative estimate of drug-likeness (QED) is 0.652. The maximum Gasteiger partial charge on any atom is 0.295 e. The van der Waals surface area contributed by atoms with Crippen molar-refractivity contribution in [1.82, 2.24) is 0 Å². The van der Waals surface area contributed by atoms with Gasteiger partial charge in [0.2, 0.25) is 0 Å². The van der Waals surface area contributed by atoms with E-state index < -0.39 is 10.1 Å². The van der Waals surface area contributed by atoms with E-state index in [2.05, 4.69) is 4.99 Å². The third-order valence-electron chi connectivity index (χ3n) is 2.06. The van der Waals surface area contributed by atoms with Crippen molar-refractivity contribution < 1.29 is 13.0 Å². The van der Waals surface area contributed by atoms with Crippen LogP contribution >= 0.6 is 0 Å². The minimum absolute atomic E-state index is 0.106. The maximum atomic E-state index is 11.2. The zero-order valence-corrected chi connectivity index (χ0v) is 11.2. The summed E-state index contributed by atoms with van der Waals surface area (Å²) >= 11 is 0. The molecule has 0 fully saturated rings. The van der Waals surface area contributed by atoms with Gasteiger partial charge in [0.25, 0.3) is 10.1 Å². The fourth-order valence-electron chi connectivity index (χ4n) is 1.55. The summed E-state index contributed by atoms with van der Waals surface area (Å²) < 4.78 is 31.6. The monoisotopic (exact) mass is 255 g/mol. The highest BCUT2D eigenvalue weighted by atomic mass is 32.2. The van der Waals surface area contributed by atoms with Gasteiger partial charge in [0.1, 0.15) is 4.90 Å². The Bertz CT molecular complexity index is 539. The number of nitrogens with zero attached hydrogens (tertiary/aromatic N) is 1. The zero-order chi connectivity index (χ0) is 13.3. The van der Waals surface area contributed by atoms with Gasteiger partial charge in [-0.3, -0.25) is 9.55 Å². The van der Waals surface area contributed by atoms with Crippen LogP contribution in [0.5, 0.6) is 0 Å². The number of aliphatic imine (C=N–C) groups is 1. The van der Waals surface area contributed by atoms with Crippen LogP contribution in [0.2, 0.25) is 0 Å². The van der Waals surface area contributed by atoms with E-state index in [-0.39, 0.29) is 10.4 Å². The lowest BCUT2D eigenvalue weighted by Crippen LogP contribution is -2.15. The standard InChI is InChI=1S/C12H17NO3S/c1-9(13-12(2,3)4)10-7-5-6-8-11(10)17(14,15)16/h5-8H,1-4H3,(H,14,15,16). The van der Waals surface area contributed by atoms with E-state index in [4.69, 9.17) is 4.55 Å². The second kappa shape index (κ2) is 4.58. The molecule has 0 aliphatic carbocycles. The average Bonchev–Trinajstić information content (AvgIpc) is 2.13. The van der Waals surface area contributed by atoms with Crippen LogP contribution < -0.4 is 0 Å². The summed E-state index contributed by atoms with van der Waals surface area (Å²) in [5.41, 5.74) is 0.729. The number of hydrogen-bond acceptors (Lipinski definition) is 3. The summed E-state index contributed by atoms with van der Waals surface area (Å²) in [6.45, 7) is 7.50. The molecule has 4 nitrogen and oxygen atoms in total. The van der Waals surface area contributed by atoms with Crippen molar-refractivity contribution in [3.05, 3.63) is 29.8 Å². The molecule has 94 valence electrons. The molecule has 0 saturated heterocycles. The Hall–Kier alpha value is -1.20. The molecule has 1 aromatic rings. The Morgan fingerprint density at radius 1 is 1.24 bits per heavy atom. The first kappa shape index (κ1) is 13.9. The topological polar surface area (TPSA) is 66.7 Å². The highest BCUT2D eigenvalue weighted by molar-refractivity contribution is 7.86. The summed E-state index contributed by atoms with van der Waals surface area (Å²) in [6.07, 6.45) is 0. The van der Waals surface area contributed by atoms with Gasteiger partial charge in [-0.2, -0.15) is 8.42 Å². The fourth-order valence-corrected chi connectivity index (χ4v) is 2.30. The summed E-state index contributed by atoms with van der Waals surface area (Å²) in [7, 11) is -4.21. The molecule has 0 heterocycles. The van der Waals surface area contributed by atoms with Crippen LogP contribution in [0, 0.1) is 0 Å². The van der Waals surface area contributed by atoms with Gasteiger partial charge in [0, 0.05) is 11.3 Å². The molecular formula is C12H17NO3S. The van der Waals surface area contributed by atoms with Gasteiger partial charge in [-0.1, -0.05) is 18.2 Å². The Balaban J connectivity index is 3.39. The Morgan fingerprint density at radius 3 is 2.24 bits per heavy atom. The zero-order valence-electron chi connectivity index (χ0n) is 10.4. The molecule has 0 radical (unpaired) electrons. The van der Waals surface area contributed by atoms with E-state index in [9.17, 15) is 8.42 Å². The van der Waals surface area contributed by atoms with Crippen molar-refractivity contribution in [2.75, 3.05) is 0 Å². The second-order valence-electron chi connectivity index (χ2n) is 4.84. The molecule has 0 aliphatic heterocycles. The van der Waals surface area contributed by atoms with Crippen molar-refractivity contribution in [1.29, 1.82) is 0 Å². The average molecular weight is 255 g/mol. The van der Waals surface area contributed by atoms with Crippen molar-refractivity contribution in [2.45, 2.75) is 38.1 Å². The molecule has 5 heteroatoms. The molecule has 0 unspecified atom stereocenters. The molecule has 0 aliphatic rings. The summed E-state index contributed by atoms with van der Waals surface area (Å²) in [5.74, 6) is 0. The minimum atomic E-state index is -4.21. The predicted octanol–water partition coefficient (Wildman–Crippen LogP) is 2.54. The van der Waals surface area contributed by atoms with Gasteiger partial charge in [-0.05, 0) is 33.8 Å². The van der Waals surface area contributed by atoms with E-state index in [1.165, 1.54) is 6.07 Å². The lowest BCUT2D eigenvalue weighted by molar-refractivity contribution is 0.483. The molecular weight excluding hydrogens is 238 g/mol. The lowest BCUT2D eigenvalue weighted by Gasteiger charge is -2.15. The number of hydrogen-bond donors (Lipinski definition) is 1. The first-order chi connectivity index (χ1) is 7.61. The van der Waals surface area contributed by atoms with Crippen LogP contribution in [0.4, 0.5) is 0 Å². The molecule has 0 bridgehead atoms. The molecule has 0 saturated carbocycles. The fraction of sp³-hybridized carbons (Fsp3) is 0.417. The molecule has 1 rings (SSSR count). The molecule has 0 atom stereocenters. The second-order valence-corrected chi connectivity index (χ2v) is 6.23. The van der Waals surface area contributed by atoms with Gasteiger partial charge in [-0.15, -0.1) is 0 Å². The molecule has 17 heavy (non-hydrogen) atoms. The molecule has 1 aromatic carbocycles. The first-order valence-electron chi connectivity index (χ1n) is 5.24. The van der Waals surface area contributed by atoms with Crippen molar-refractivity contribution in [3.8, 4) is 0 Å². The van der Waals surface area contributed by atoms with Crippen molar-refractivity contribution in [3.63, 3.8) is 0 Å². The Labute approximate surface area is 102 Å². The summed E-state index contributed by atoms with van der Waals surface area (Å²) in [5, 5.41) is 0. The number of rotatable bonds is 2. The van der Waals surface area contributed by atoms with Crippen LogP contribution in [-0.4, -0.2) is 24.2 Å². The van der Waals surface area contributed by atoms with Crippen molar-refractivity contribution >= 4 is 15.8 Å². The van der Waals surface area contributed by atoms with Gasteiger partial charge in [0.05, 0.1) is 5.54 Å². The van der Waals surface area contributed by atoms with Crippen LogP contribution in [0.25, 0.3) is 0 Å². The SMILES string of the molecule is CC(=NC(C)(C)C)c1ccccc1S(=O)(=O)O. The normalized spacial score (nSPS) is 13.8. The van der Waals surface area contributed by atoms with E-state index in [0.717, 1.165) is 0 Å². The first-order valence-corrected chi connectivity index (χ1v) is 6.68.